The molecular formula is C21H24N4O5. The van der Waals surface area contributed by atoms with E-state index in [0.717, 1.165) is 12.8 Å². The van der Waals surface area contributed by atoms with Crippen molar-refractivity contribution in [1.29, 1.82) is 0 Å². The lowest BCUT2D eigenvalue weighted by atomic mass is 10.3. The van der Waals surface area contributed by atoms with E-state index >= 15 is 0 Å². The van der Waals surface area contributed by atoms with Crippen molar-refractivity contribution in [3.63, 3.8) is 0 Å². The van der Waals surface area contributed by atoms with Crippen LogP contribution in [0.1, 0.15) is 23.2 Å². The number of amides is 2. The lowest BCUT2D eigenvalue weighted by Gasteiger charge is -2.17. The van der Waals surface area contributed by atoms with E-state index < -0.39 is 18.5 Å². The second-order valence-electron chi connectivity index (χ2n) is 6.96. The third kappa shape index (κ3) is 6.20. The summed E-state index contributed by atoms with van der Waals surface area (Å²) < 4.78 is 10.1. The van der Waals surface area contributed by atoms with Crippen molar-refractivity contribution in [3.05, 3.63) is 48.2 Å². The summed E-state index contributed by atoms with van der Waals surface area (Å²) in [6.07, 6.45) is 3.65. The lowest BCUT2D eigenvalue weighted by molar-refractivity contribution is -0.136. The summed E-state index contributed by atoms with van der Waals surface area (Å²) >= 11 is 0. The molecule has 0 atom stereocenters. The first kappa shape index (κ1) is 21.1. The lowest BCUT2D eigenvalue weighted by Crippen LogP contribution is -2.37. The highest BCUT2D eigenvalue weighted by molar-refractivity contribution is 5.95. The van der Waals surface area contributed by atoms with Gasteiger partial charge < -0.3 is 25.0 Å². The van der Waals surface area contributed by atoms with Gasteiger partial charge in [-0.2, -0.15) is 0 Å². The number of carbonyl (C=O) groups excluding carboxylic acids is 3. The Bertz CT molecular complexity index is 912. The van der Waals surface area contributed by atoms with Gasteiger partial charge in [0.2, 0.25) is 5.91 Å². The highest BCUT2D eigenvalue weighted by Gasteiger charge is 2.21. The highest BCUT2D eigenvalue weighted by atomic mass is 16.5. The molecule has 0 spiro atoms. The third-order valence-corrected chi connectivity index (χ3v) is 4.42. The molecule has 0 unspecified atom stereocenters. The van der Waals surface area contributed by atoms with E-state index in [1.807, 2.05) is 0 Å². The van der Waals surface area contributed by atoms with Crippen LogP contribution in [0.3, 0.4) is 0 Å². The monoisotopic (exact) mass is 412 g/mol. The van der Waals surface area contributed by atoms with Crippen molar-refractivity contribution in [3.8, 4) is 5.75 Å². The normalized spacial score (nSPS) is 12.6. The first-order chi connectivity index (χ1) is 14.4. The Labute approximate surface area is 174 Å². The minimum Gasteiger partial charge on any atom is -0.497 e. The first-order valence-corrected chi connectivity index (χ1v) is 9.52. The van der Waals surface area contributed by atoms with Gasteiger partial charge in [0.05, 0.1) is 19.2 Å². The quantitative estimate of drug-likeness (QED) is 0.606. The fourth-order valence-corrected chi connectivity index (χ4v) is 2.56. The molecule has 9 heteroatoms. The third-order valence-electron chi connectivity index (χ3n) is 4.42. The maximum Gasteiger partial charge on any atom is 0.340 e. The molecular weight excluding hydrogens is 388 g/mol. The number of aromatic nitrogens is 1. The number of carbonyl (C=O) groups is 3. The topological polar surface area (TPSA) is 110 Å². The zero-order valence-electron chi connectivity index (χ0n) is 16.9. The average molecular weight is 412 g/mol. The summed E-state index contributed by atoms with van der Waals surface area (Å²) in [5, 5.41) is 5.90. The van der Waals surface area contributed by atoms with E-state index in [-0.39, 0.29) is 18.0 Å². The number of pyridine rings is 1. The number of benzene rings is 1. The number of methoxy groups -OCH3 is 1. The SMILES string of the molecule is COc1cccc(NC(=O)CN(C)C(=O)COC(=O)c2ccc(NC3CC3)nc2)c1. The molecule has 1 saturated carbocycles. The Morgan fingerprint density at radius 2 is 2.00 bits per heavy atom. The molecule has 30 heavy (non-hydrogen) atoms. The van der Waals surface area contributed by atoms with Gasteiger partial charge in [-0.05, 0) is 37.1 Å². The van der Waals surface area contributed by atoms with Gasteiger partial charge in [-0.3, -0.25) is 9.59 Å². The molecule has 158 valence electrons. The second kappa shape index (κ2) is 9.73. The number of anilines is 2. The fraction of sp³-hybridized carbons (Fsp3) is 0.333. The van der Waals surface area contributed by atoms with E-state index in [0.29, 0.717) is 23.3 Å². The van der Waals surface area contributed by atoms with Gasteiger partial charge in [0.25, 0.3) is 5.91 Å². The van der Waals surface area contributed by atoms with Gasteiger partial charge in [0, 0.05) is 31.0 Å². The van der Waals surface area contributed by atoms with Crippen LogP contribution in [0.4, 0.5) is 11.5 Å². The molecule has 0 bridgehead atoms. The predicted molar refractivity (Wildman–Crippen MR) is 110 cm³/mol. The largest absolute Gasteiger partial charge is 0.497 e. The molecule has 1 fully saturated rings. The molecule has 2 amide bonds. The van der Waals surface area contributed by atoms with Crippen LogP contribution in [0.5, 0.6) is 5.75 Å². The molecule has 3 rings (SSSR count). The molecule has 1 aromatic heterocycles. The maximum absolute atomic E-state index is 12.2. The molecule has 1 aliphatic carbocycles. The van der Waals surface area contributed by atoms with E-state index in [9.17, 15) is 14.4 Å². The molecule has 0 aliphatic heterocycles. The predicted octanol–water partition coefficient (Wildman–Crippen LogP) is 1.92. The van der Waals surface area contributed by atoms with Gasteiger partial charge in [-0.25, -0.2) is 9.78 Å². The Kier molecular flexibility index (Phi) is 6.84. The van der Waals surface area contributed by atoms with E-state index in [4.69, 9.17) is 9.47 Å². The minimum absolute atomic E-state index is 0.184. The minimum atomic E-state index is -0.650. The molecule has 2 N–H and O–H groups in total. The van der Waals surface area contributed by atoms with Crippen LogP contribution in [0.25, 0.3) is 0 Å². The van der Waals surface area contributed by atoms with Crippen molar-refractivity contribution in [2.75, 3.05) is 37.9 Å². The zero-order chi connectivity index (χ0) is 21.5. The number of hydrogen-bond donors (Lipinski definition) is 2. The second-order valence-corrected chi connectivity index (χ2v) is 6.96. The van der Waals surface area contributed by atoms with Crippen LogP contribution in [0.15, 0.2) is 42.6 Å². The van der Waals surface area contributed by atoms with Gasteiger partial charge in [-0.1, -0.05) is 6.07 Å². The Hall–Kier alpha value is -3.62. The van der Waals surface area contributed by atoms with Gasteiger partial charge in [0.15, 0.2) is 6.61 Å². The van der Waals surface area contributed by atoms with Crippen LogP contribution < -0.4 is 15.4 Å². The van der Waals surface area contributed by atoms with E-state index in [1.54, 1.807) is 36.4 Å². The van der Waals surface area contributed by atoms with Crippen LogP contribution in [-0.4, -0.2) is 61.0 Å². The number of hydrogen-bond acceptors (Lipinski definition) is 7. The smallest absolute Gasteiger partial charge is 0.340 e. The summed E-state index contributed by atoms with van der Waals surface area (Å²) in [6.45, 7) is -0.652. The Balaban J connectivity index is 1.42. The Morgan fingerprint density at radius 3 is 2.67 bits per heavy atom. The summed E-state index contributed by atoms with van der Waals surface area (Å²) in [4.78, 5) is 41.7. The molecule has 1 heterocycles. The molecule has 1 aromatic carbocycles. The molecule has 0 saturated heterocycles. The summed E-state index contributed by atoms with van der Waals surface area (Å²) in [7, 11) is 2.99. The Morgan fingerprint density at radius 1 is 1.20 bits per heavy atom. The molecule has 0 radical (unpaired) electrons. The van der Waals surface area contributed by atoms with Crippen LogP contribution in [0.2, 0.25) is 0 Å². The number of likely N-dealkylation sites (N-methyl/N-ethyl adjacent to an activating group) is 1. The van der Waals surface area contributed by atoms with Crippen molar-refractivity contribution in [1.82, 2.24) is 9.88 Å². The molecule has 9 nitrogen and oxygen atoms in total. The first-order valence-electron chi connectivity index (χ1n) is 9.52. The summed E-state index contributed by atoms with van der Waals surface area (Å²) in [5.74, 6) is -0.220. The van der Waals surface area contributed by atoms with Gasteiger partial charge >= 0.3 is 5.97 Å². The van der Waals surface area contributed by atoms with Crippen molar-refractivity contribution < 1.29 is 23.9 Å². The maximum atomic E-state index is 12.2. The number of nitrogens with one attached hydrogen (secondary N) is 2. The molecule has 1 aliphatic rings. The number of rotatable bonds is 9. The van der Waals surface area contributed by atoms with E-state index in [2.05, 4.69) is 15.6 Å². The summed E-state index contributed by atoms with van der Waals surface area (Å²) in [5.41, 5.74) is 0.807. The average Bonchev–Trinajstić information content (AvgIpc) is 3.56. The zero-order valence-corrected chi connectivity index (χ0v) is 16.9. The van der Waals surface area contributed by atoms with Gasteiger partial charge in [-0.15, -0.1) is 0 Å². The van der Waals surface area contributed by atoms with Crippen LogP contribution >= 0.6 is 0 Å². The highest BCUT2D eigenvalue weighted by Crippen LogP contribution is 2.23. The van der Waals surface area contributed by atoms with E-state index in [1.165, 1.54) is 25.3 Å². The summed E-state index contributed by atoms with van der Waals surface area (Å²) in [6, 6.07) is 10.6. The van der Waals surface area contributed by atoms with Crippen molar-refractivity contribution >= 4 is 29.3 Å². The number of ether oxygens (including phenoxy) is 2. The number of nitrogens with zero attached hydrogens (tertiary/aromatic N) is 2. The van der Waals surface area contributed by atoms with Gasteiger partial charge in [0.1, 0.15) is 11.6 Å². The number of esters is 1. The van der Waals surface area contributed by atoms with Crippen LogP contribution in [0, 0.1) is 0 Å². The van der Waals surface area contributed by atoms with Crippen molar-refractivity contribution in [2.24, 2.45) is 0 Å². The standard InChI is InChI=1S/C21H24N4O5/c1-25(12-19(26)24-16-4-3-5-17(10-16)29-2)20(27)13-30-21(28)14-6-9-18(22-11-14)23-15-7-8-15/h3-6,9-11,15H,7-8,12-13H2,1-2H3,(H,22,23)(H,24,26). The van der Waals surface area contributed by atoms with Crippen molar-refractivity contribution in [2.45, 2.75) is 18.9 Å². The van der Waals surface area contributed by atoms with Crippen LogP contribution in [-0.2, 0) is 14.3 Å². The fourth-order valence-electron chi connectivity index (χ4n) is 2.56. The molecule has 2 aromatic rings.